The third kappa shape index (κ3) is 5.34. The van der Waals surface area contributed by atoms with Gasteiger partial charge < -0.3 is 13.8 Å². The zero-order valence-corrected chi connectivity index (χ0v) is 19.6. The molecule has 1 amide bonds. The van der Waals surface area contributed by atoms with Crippen molar-refractivity contribution in [2.45, 2.75) is 25.1 Å². The van der Waals surface area contributed by atoms with E-state index in [9.17, 15) is 36.0 Å². The molecule has 0 N–H and O–H groups in total. The molecule has 3 aromatic rings. The number of hydrogen-bond acceptors (Lipinski definition) is 7. The summed E-state index contributed by atoms with van der Waals surface area (Å²) in [4.78, 5) is 17.7. The van der Waals surface area contributed by atoms with E-state index in [1.807, 2.05) is 0 Å². The smallest absolute Gasteiger partial charge is 0.445 e. The highest BCUT2D eigenvalue weighted by atomic mass is 32.2. The average molecular weight is 535 g/mol. The summed E-state index contributed by atoms with van der Waals surface area (Å²) >= 11 is 0. The molecule has 0 radical (unpaired) electrons. The standard InChI is InChI=1S/C24H17F4N3O5S/c25-19-9-5-4-8-16(19)21-17-10-11-31(23(32)35-14-15-6-2-1-3-7-15)13-20(17)30-22(18(21)12-29)36-37(33,34)24(26,27)28/h1-9H,10-11,13-14H2. The number of pyridine rings is 1. The second kappa shape index (κ2) is 10.1. The van der Waals surface area contributed by atoms with E-state index in [4.69, 9.17) is 4.74 Å². The number of halogens is 4. The van der Waals surface area contributed by atoms with Gasteiger partial charge in [-0.05, 0) is 23.6 Å². The monoisotopic (exact) mass is 535 g/mol. The van der Waals surface area contributed by atoms with E-state index in [0.29, 0.717) is 0 Å². The molecule has 1 aliphatic rings. The molecule has 0 saturated heterocycles. The lowest BCUT2D eigenvalue weighted by Crippen LogP contribution is -2.37. The molecule has 0 bridgehead atoms. The number of nitriles is 1. The van der Waals surface area contributed by atoms with Crippen LogP contribution in [0.1, 0.15) is 22.4 Å². The van der Waals surface area contributed by atoms with Crippen LogP contribution in [0.3, 0.4) is 0 Å². The first-order valence-corrected chi connectivity index (χ1v) is 12.1. The highest BCUT2D eigenvalue weighted by Gasteiger charge is 2.49. The zero-order valence-electron chi connectivity index (χ0n) is 18.8. The van der Waals surface area contributed by atoms with Gasteiger partial charge in [-0.1, -0.05) is 48.5 Å². The summed E-state index contributed by atoms with van der Waals surface area (Å²) in [6.45, 7) is -0.281. The second-order valence-corrected chi connectivity index (χ2v) is 9.42. The molecular weight excluding hydrogens is 518 g/mol. The second-order valence-electron chi connectivity index (χ2n) is 7.88. The third-order valence-electron chi connectivity index (χ3n) is 5.51. The van der Waals surface area contributed by atoms with Gasteiger partial charge in [-0.15, -0.1) is 0 Å². The molecule has 0 unspecified atom stereocenters. The van der Waals surface area contributed by atoms with Gasteiger partial charge in [-0.3, -0.25) is 0 Å². The Morgan fingerprint density at radius 3 is 2.43 bits per heavy atom. The summed E-state index contributed by atoms with van der Waals surface area (Å²) < 4.78 is 86.7. The molecule has 2 aromatic carbocycles. The van der Waals surface area contributed by atoms with Crippen LogP contribution in [-0.2, 0) is 34.4 Å². The van der Waals surface area contributed by atoms with Crippen LogP contribution in [0.25, 0.3) is 11.1 Å². The van der Waals surface area contributed by atoms with E-state index in [1.54, 1.807) is 36.4 Å². The van der Waals surface area contributed by atoms with Crippen molar-refractivity contribution in [1.29, 1.82) is 5.26 Å². The summed E-state index contributed by atoms with van der Waals surface area (Å²) in [6, 6.07) is 15.6. The first-order chi connectivity index (χ1) is 17.5. The summed E-state index contributed by atoms with van der Waals surface area (Å²) in [5.41, 5.74) is -5.87. The number of alkyl halides is 3. The van der Waals surface area contributed by atoms with Gasteiger partial charge in [0.15, 0.2) is 0 Å². The first-order valence-electron chi connectivity index (χ1n) is 10.7. The molecule has 0 aliphatic carbocycles. The minimum Gasteiger partial charge on any atom is -0.445 e. The van der Waals surface area contributed by atoms with Gasteiger partial charge in [-0.2, -0.15) is 26.9 Å². The largest absolute Gasteiger partial charge is 0.534 e. The first kappa shape index (κ1) is 25.9. The van der Waals surface area contributed by atoms with Gasteiger partial charge in [0.1, 0.15) is 24.1 Å². The predicted molar refractivity (Wildman–Crippen MR) is 121 cm³/mol. The van der Waals surface area contributed by atoms with Crippen LogP contribution in [0.15, 0.2) is 54.6 Å². The molecule has 0 saturated carbocycles. The Morgan fingerprint density at radius 1 is 1.11 bits per heavy atom. The van der Waals surface area contributed by atoms with Crippen molar-refractivity contribution in [3.05, 3.63) is 82.8 Å². The summed E-state index contributed by atoms with van der Waals surface area (Å²) in [5.74, 6) is -1.97. The fraction of sp³-hybridized carbons (Fsp3) is 0.208. The van der Waals surface area contributed by atoms with Crippen molar-refractivity contribution in [3.63, 3.8) is 0 Å². The lowest BCUT2D eigenvalue weighted by molar-refractivity contribution is -0.0501. The number of amides is 1. The van der Waals surface area contributed by atoms with E-state index in [0.717, 1.165) is 11.6 Å². The van der Waals surface area contributed by atoms with Crippen molar-refractivity contribution >= 4 is 16.2 Å². The van der Waals surface area contributed by atoms with E-state index in [-0.39, 0.29) is 48.5 Å². The van der Waals surface area contributed by atoms with Gasteiger partial charge in [-0.25, -0.2) is 14.2 Å². The Hall–Kier alpha value is -4.18. The van der Waals surface area contributed by atoms with Crippen LogP contribution < -0.4 is 4.18 Å². The molecular formula is C24H17F4N3O5S. The van der Waals surface area contributed by atoms with Crippen LogP contribution in [-0.4, -0.2) is 36.4 Å². The molecule has 37 heavy (non-hydrogen) atoms. The minimum atomic E-state index is -6.20. The molecule has 0 spiro atoms. The van der Waals surface area contributed by atoms with Gasteiger partial charge in [0.2, 0.25) is 0 Å². The summed E-state index contributed by atoms with van der Waals surface area (Å²) in [5, 5.41) is 9.72. The fourth-order valence-electron chi connectivity index (χ4n) is 3.80. The molecule has 8 nitrogen and oxygen atoms in total. The molecule has 192 valence electrons. The summed E-state index contributed by atoms with van der Waals surface area (Å²) in [7, 11) is -6.20. The van der Waals surface area contributed by atoms with E-state index in [1.165, 1.54) is 23.1 Å². The molecule has 2 heterocycles. The van der Waals surface area contributed by atoms with Crippen LogP contribution in [0.5, 0.6) is 5.88 Å². The predicted octanol–water partition coefficient (Wildman–Crippen LogP) is 4.68. The maximum absolute atomic E-state index is 14.7. The van der Waals surface area contributed by atoms with Gasteiger partial charge in [0.05, 0.1) is 12.2 Å². The van der Waals surface area contributed by atoms with Crippen LogP contribution in [0.4, 0.5) is 22.4 Å². The van der Waals surface area contributed by atoms with Crippen molar-refractivity contribution in [3.8, 4) is 23.1 Å². The average Bonchev–Trinajstić information content (AvgIpc) is 2.86. The highest BCUT2D eigenvalue weighted by Crippen LogP contribution is 2.39. The number of fused-ring (bicyclic) bond motifs is 1. The van der Waals surface area contributed by atoms with Crippen molar-refractivity contribution in [2.75, 3.05) is 6.54 Å². The zero-order chi connectivity index (χ0) is 26.8. The minimum absolute atomic E-state index is 0.0351. The van der Waals surface area contributed by atoms with Crippen molar-refractivity contribution in [1.82, 2.24) is 9.88 Å². The molecule has 0 fully saturated rings. The van der Waals surface area contributed by atoms with Crippen molar-refractivity contribution < 1.29 is 39.7 Å². The number of nitrogens with zero attached hydrogens (tertiary/aromatic N) is 3. The molecule has 13 heteroatoms. The van der Waals surface area contributed by atoms with Crippen LogP contribution >= 0.6 is 0 Å². The van der Waals surface area contributed by atoms with Gasteiger partial charge in [0.25, 0.3) is 5.88 Å². The third-order valence-corrected chi connectivity index (χ3v) is 6.46. The lowest BCUT2D eigenvalue weighted by atomic mass is 9.90. The Labute approximate surface area is 208 Å². The maximum atomic E-state index is 14.7. The van der Waals surface area contributed by atoms with Gasteiger partial charge in [0, 0.05) is 17.7 Å². The number of rotatable bonds is 5. The highest BCUT2D eigenvalue weighted by molar-refractivity contribution is 7.88. The molecule has 1 aliphatic heterocycles. The topological polar surface area (TPSA) is 110 Å². The van der Waals surface area contributed by atoms with E-state index in [2.05, 4.69) is 9.17 Å². The quantitative estimate of drug-likeness (QED) is 0.265. The normalized spacial score (nSPS) is 13.4. The van der Waals surface area contributed by atoms with Crippen molar-refractivity contribution in [2.24, 2.45) is 0 Å². The Morgan fingerprint density at radius 2 is 1.78 bits per heavy atom. The number of aromatic nitrogens is 1. The van der Waals surface area contributed by atoms with E-state index >= 15 is 0 Å². The molecule has 0 atom stereocenters. The van der Waals surface area contributed by atoms with E-state index < -0.39 is 39.0 Å². The number of carbonyl (C=O) groups is 1. The Balaban J connectivity index is 1.75. The molecule has 4 rings (SSSR count). The SMILES string of the molecule is N#Cc1c(OS(=O)(=O)C(F)(F)F)nc2c(c1-c1ccccc1F)CCN(C(=O)OCc1ccccc1)C2. The number of ether oxygens (including phenoxy) is 1. The Kier molecular flexibility index (Phi) is 7.04. The number of hydrogen-bond donors (Lipinski definition) is 0. The number of carbonyl (C=O) groups excluding carboxylic acids is 1. The fourth-order valence-corrected chi connectivity index (χ4v) is 4.22. The lowest BCUT2D eigenvalue weighted by Gasteiger charge is -2.29. The van der Waals surface area contributed by atoms with Crippen LogP contribution in [0.2, 0.25) is 0 Å². The molecule has 1 aromatic heterocycles. The van der Waals surface area contributed by atoms with Crippen LogP contribution in [0, 0.1) is 17.1 Å². The maximum Gasteiger partial charge on any atom is 0.534 e. The Bertz CT molecular complexity index is 1490. The number of benzene rings is 2. The van der Waals surface area contributed by atoms with Gasteiger partial charge >= 0.3 is 21.7 Å². The summed E-state index contributed by atoms with van der Waals surface area (Å²) in [6.07, 6.45) is -0.716.